The fourth-order valence-electron chi connectivity index (χ4n) is 4.27. The highest BCUT2D eigenvalue weighted by Gasteiger charge is 2.42. The molecule has 2 aliphatic carbocycles. The first-order valence-electron chi connectivity index (χ1n) is 7.54. The predicted octanol–water partition coefficient (Wildman–Crippen LogP) is 4.14. The van der Waals surface area contributed by atoms with Crippen LogP contribution in [0.25, 0.3) is 10.8 Å². The topological polar surface area (TPSA) is 46.5 Å². The van der Waals surface area contributed by atoms with E-state index in [9.17, 15) is 9.90 Å². The van der Waals surface area contributed by atoms with E-state index in [-0.39, 0.29) is 5.97 Å². The number of carbonyl (C=O) groups is 1. The molecule has 2 unspecified atom stereocenters. The van der Waals surface area contributed by atoms with E-state index < -0.39 is 0 Å². The van der Waals surface area contributed by atoms with E-state index in [2.05, 4.69) is 0 Å². The van der Waals surface area contributed by atoms with Gasteiger partial charge in [-0.1, -0.05) is 18.2 Å². The molecule has 21 heavy (non-hydrogen) atoms. The molecule has 2 bridgehead atoms. The first-order chi connectivity index (χ1) is 10.1. The number of phenolic OH excluding ortho intramolecular Hbond substituents is 1. The molecule has 1 saturated carbocycles. The second-order valence-electron chi connectivity index (χ2n) is 6.30. The van der Waals surface area contributed by atoms with Gasteiger partial charge in [0.25, 0.3) is 0 Å². The number of phenols is 1. The number of benzene rings is 2. The molecule has 0 saturated heterocycles. The molecule has 0 amide bonds. The smallest absolute Gasteiger partial charge is 0.308 e. The summed E-state index contributed by atoms with van der Waals surface area (Å²) < 4.78 is 5.61. The molecule has 3 nitrogen and oxygen atoms in total. The molecule has 0 heterocycles. The number of fused-ring (bicyclic) bond motifs is 6. The number of aryl methyl sites for hydroxylation is 1. The Bertz CT molecular complexity index is 776. The van der Waals surface area contributed by atoms with E-state index in [1.54, 1.807) is 0 Å². The Hall–Kier alpha value is -2.03. The van der Waals surface area contributed by atoms with Crippen LogP contribution in [0.3, 0.4) is 0 Å². The molecule has 3 heteroatoms. The fraction of sp³-hybridized carbons (Fsp3) is 0.389. The second kappa shape index (κ2) is 4.23. The van der Waals surface area contributed by atoms with Gasteiger partial charge in [0.05, 0.1) is 0 Å². The van der Waals surface area contributed by atoms with Crippen LogP contribution in [0.5, 0.6) is 11.5 Å². The average molecular weight is 282 g/mol. The summed E-state index contributed by atoms with van der Waals surface area (Å²) in [6.07, 6.45) is 3.33. The molecular formula is C18H18O3. The lowest BCUT2D eigenvalue weighted by atomic mass is 9.86. The summed E-state index contributed by atoms with van der Waals surface area (Å²) in [6.45, 7) is 3.44. The third-order valence-electron chi connectivity index (χ3n) is 5.04. The van der Waals surface area contributed by atoms with E-state index in [1.807, 2.05) is 25.1 Å². The second-order valence-corrected chi connectivity index (χ2v) is 6.30. The zero-order chi connectivity index (χ0) is 14.7. The van der Waals surface area contributed by atoms with Crippen LogP contribution >= 0.6 is 0 Å². The minimum Gasteiger partial charge on any atom is -0.507 e. The predicted molar refractivity (Wildman–Crippen MR) is 81.0 cm³/mol. The van der Waals surface area contributed by atoms with Gasteiger partial charge in [-0.25, -0.2) is 0 Å². The Balaban J connectivity index is 2.14. The van der Waals surface area contributed by atoms with Gasteiger partial charge >= 0.3 is 5.97 Å². The number of ether oxygens (including phenoxy) is 1. The van der Waals surface area contributed by atoms with Crippen molar-refractivity contribution in [2.75, 3.05) is 0 Å². The molecule has 108 valence electrons. The minimum atomic E-state index is -0.296. The third-order valence-corrected chi connectivity index (χ3v) is 5.04. The van der Waals surface area contributed by atoms with Crippen LogP contribution in [0.4, 0.5) is 0 Å². The van der Waals surface area contributed by atoms with Crippen LogP contribution in [0.15, 0.2) is 18.2 Å². The Kier molecular flexibility index (Phi) is 2.56. The summed E-state index contributed by atoms with van der Waals surface area (Å²) in [7, 11) is 0. The van der Waals surface area contributed by atoms with Gasteiger partial charge in [-0.2, -0.15) is 0 Å². The van der Waals surface area contributed by atoms with Crippen molar-refractivity contribution < 1.29 is 14.6 Å². The zero-order valence-electron chi connectivity index (χ0n) is 12.3. The Morgan fingerprint density at radius 1 is 1.24 bits per heavy atom. The van der Waals surface area contributed by atoms with Crippen molar-refractivity contribution in [2.24, 2.45) is 0 Å². The maximum absolute atomic E-state index is 11.6. The molecule has 0 radical (unpaired) electrons. The summed E-state index contributed by atoms with van der Waals surface area (Å²) in [6, 6.07) is 5.85. The minimum absolute atomic E-state index is 0.296. The maximum Gasteiger partial charge on any atom is 0.308 e. The lowest BCUT2D eigenvalue weighted by molar-refractivity contribution is -0.131. The van der Waals surface area contributed by atoms with Crippen molar-refractivity contribution in [1.82, 2.24) is 0 Å². The van der Waals surface area contributed by atoms with Crippen molar-refractivity contribution in [1.29, 1.82) is 0 Å². The summed E-state index contributed by atoms with van der Waals surface area (Å²) in [5.74, 6) is 1.64. The largest absolute Gasteiger partial charge is 0.507 e. The number of esters is 1. The van der Waals surface area contributed by atoms with E-state index in [4.69, 9.17) is 4.74 Å². The first-order valence-corrected chi connectivity index (χ1v) is 7.54. The molecule has 2 aliphatic rings. The van der Waals surface area contributed by atoms with Crippen LogP contribution < -0.4 is 4.74 Å². The van der Waals surface area contributed by atoms with Crippen molar-refractivity contribution in [2.45, 2.75) is 44.9 Å². The lowest BCUT2D eigenvalue weighted by Crippen LogP contribution is -2.09. The summed E-state index contributed by atoms with van der Waals surface area (Å²) in [5.41, 5.74) is 3.14. The van der Waals surface area contributed by atoms with Crippen LogP contribution in [-0.4, -0.2) is 11.1 Å². The normalized spacial score (nSPS) is 22.6. The van der Waals surface area contributed by atoms with Gasteiger partial charge < -0.3 is 9.84 Å². The number of hydrogen-bond acceptors (Lipinski definition) is 3. The maximum atomic E-state index is 11.6. The highest BCUT2D eigenvalue weighted by atomic mass is 16.5. The van der Waals surface area contributed by atoms with E-state index >= 15 is 0 Å². The van der Waals surface area contributed by atoms with Gasteiger partial charge in [0.2, 0.25) is 0 Å². The van der Waals surface area contributed by atoms with E-state index in [1.165, 1.54) is 6.92 Å². The number of hydrogen-bond donors (Lipinski definition) is 1. The van der Waals surface area contributed by atoms with Gasteiger partial charge in [0, 0.05) is 28.8 Å². The average Bonchev–Trinajstić information content (AvgIpc) is 3.04. The Labute approximate surface area is 123 Å². The summed E-state index contributed by atoms with van der Waals surface area (Å²) in [5, 5.41) is 12.4. The van der Waals surface area contributed by atoms with Crippen molar-refractivity contribution in [3.05, 3.63) is 34.9 Å². The molecule has 2 aromatic carbocycles. The fourth-order valence-corrected chi connectivity index (χ4v) is 4.27. The van der Waals surface area contributed by atoms with E-state index in [0.717, 1.165) is 46.7 Å². The van der Waals surface area contributed by atoms with E-state index in [0.29, 0.717) is 23.3 Å². The molecule has 4 rings (SSSR count). The number of aromatic hydroxyl groups is 1. The highest BCUT2D eigenvalue weighted by molar-refractivity contribution is 6.00. The molecule has 2 atom stereocenters. The van der Waals surface area contributed by atoms with Gasteiger partial charge in [0.15, 0.2) is 0 Å². The van der Waals surface area contributed by atoms with Gasteiger partial charge in [-0.05, 0) is 43.6 Å². The molecule has 0 aliphatic heterocycles. The first kappa shape index (κ1) is 12.7. The molecule has 0 spiro atoms. The highest BCUT2D eigenvalue weighted by Crippen LogP contribution is 2.61. The molecule has 0 aromatic heterocycles. The quantitative estimate of drug-likeness (QED) is 0.631. The molecule has 1 fully saturated rings. The lowest BCUT2D eigenvalue weighted by Gasteiger charge is -2.22. The zero-order valence-corrected chi connectivity index (χ0v) is 12.3. The third kappa shape index (κ3) is 1.63. The van der Waals surface area contributed by atoms with Crippen LogP contribution in [0.2, 0.25) is 0 Å². The number of rotatable bonds is 1. The Morgan fingerprint density at radius 3 is 2.67 bits per heavy atom. The van der Waals surface area contributed by atoms with Crippen molar-refractivity contribution >= 4 is 16.7 Å². The Morgan fingerprint density at radius 2 is 1.95 bits per heavy atom. The van der Waals surface area contributed by atoms with Crippen LogP contribution in [0.1, 0.15) is 54.7 Å². The molecule has 2 aromatic rings. The summed E-state index contributed by atoms with van der Waals surface area (Å²) in [4.78, 5) is 11.6. The SMILES string of the molecule is CC(=O)Oc1c2c(c(O)c3cccc(C)c13)C1CCC2C1. The molecule has 1 N–H and O–H groups in total. The van der Waals surface area contributed by atoms with Crippen LogP contribution in [0, 0.1) is 6.92 Å². The molecular weight excluding hydrogens is 264 g/mol. The standard InChI is InChI=1S/C18H18O3/c1-9-4-3-5-13-14(9)18(21-10(2)19)16-12-7-6-11(8-12)15(16)17(13)20/h3-5,11-12,20H,6-8H2,1-2H3. The van der Waals surface area contributed by atoms with Crippen molar-refractivity contribution in [3.8, 4) is 11.5 Å². The van der Waals surface area contributed by atoms with Crippen LogP contribution in [-0.2, 0) is 4.79 Å². The number of carbonyl (C=O) groups excluding carboxylic acids is 1. The van der Waals surface area contributed by atoms with Gasteiger partial charge in [0.1, 0.15) is 11.5 Å². The van der Waals surface area contributed by atoms with Crippen molar-refractivity contribution in [3.63, 3.8) is 0 Å². The summed E-state index contributed by atoms with van der Waals surface area (Å²) >= 11 is 0. The monoisotopic (exact) mass is 282 g/mol. The van der Waals surface area contributed by atoms with Gasteiger partial charge in [-0.15, -0.1) is 0 Å². The van der Waals surface area contributed by atoms with Gasteiger partial charge in [-0.3, -0.25) is 4.79 Å².